The number of carbonyl (C=O) groups is 1. The molecule has 0 unspecified atom stereocenters. The van der Waals surface area contributed by atoms with E-state index in [1.165, 1.54) is 25.4 Å². The summed E-state index contributed by atoms with van der Waals surface area (Å²) in [7, 11) is -4.46. The van der Waals surface area contributed by atoms with Crippen LogP contribution >= 0.6 is 46.7 Å². The number of benzene rings is 4. The van der Waals surface area contributed by atoms with Gasteiger partial charge in [-0.3, -0.25) is 9.46 Å². The number of esters is 1. The van der Waals surface area contributed by atoms with Crippen molar-refractivity contribution >= 4 is 64.4 Å². The molecule has 8 nitrogen and oxygen atoms in total. The summed E-state index contributed by atoms with van der Waals surface area (Å²) in [6.45, 7) is 0.0326. The average molecular weight is 738 g/mol. The van der Waals surface area contributed by atoms with E-state index in [1.807, 2.05) is 36.4 Å². The summed E-state index contributed by atoms with van der Waals surface area (Å²) in [6.07, 6.45) is 1.52. The number of oxazole rings is 1. The van der Waals surface area contributed by atoms with E-state index >= 15 is 0 Å². The van der Waals surface area contributed by atoms with Crippen molar-refractivity contribution in [3.63, 3.8) is 0 Å². The zero-order valence-corrected chi connectivity index (χ0v) is 27.1. The molecule has 0 bridgehead atoms. The number of alkyl halides is 2. The van der Waals surface area contributed by atoms with Gasteiger partial charge in [-0.15, -0.1) is 0 Å². The highest BCUT2D eigenvalue weighted by atomic mass is 79.9. The summed E-state index contributed by atoms with van der Waals surface area (Å²) in [6, 6.07) is 22.9. The highest BCUT2D eigenvalue weighted by Gasteiger charge is 2.51. The summed E-state index contributed by atoms with van der Waals surface area (Å²) < 4.78 is 51.2. The highest BCUT2D eigenvalue weighted by Crippen LogP contribution is 2.60. The maximum Gasteiger partial charge on any atom is 0.399 e. The summed E-state index contributed by atoms with van der Waals surface area (Å²) in [5.74, 6) is -0.0781. The molecule has 5 rings (SSSR count). The van der Waals surface area contributed by atoms with Gasteiger partial charge in [-0.2, -0.15) is 8.78 Å². The molecule has 0 saturated heterocycles. The van der Waals surface area contributed by atoms with Gasteiger partial charge in [0.1, 0.15) is 0 Å². The third kappa shape index (κ3) is 6.84. The fourth-order valence-corrected chi connectivity index (χ4v) is 6.18. The molecule has 0 aliphatic heterocycles. The number of ether oxygens (including phenoxy) is 1. The van der Waals surface area contributed by atoms with Crippen LogP contribution in [-0.4, -0.2) is 27.8 Å². The minimum Gasteiger partial charge on any atom is -0.465 e. The molecule has 5 aromatic rings. The number of anilines is 2. The Morgan fingerprint density at radius 2 is 1.73 bits per heavy atom. The van der Waals surface area contributed by atoms with Gasteiger partial charge in [-0.25, -0.2) is 9.78 Å². The smallest absolute Gasteiger partial charge is 0.399 e. The Hall–Kier alpha value is -3.57. The van der Waals surface area contributed by atoms with Gasteiger partial charge in [-0.05, 0) is 53.1 Å². The maximum atomic E-state index is 14.4. The standard InChI is InChI=1S/C31H22BrCl2F2N2O6P/c1-43-29(39)23-8-3-2-7-22(23)19-5-4-6-20(14-19)28-16-37-30(44-28)38(21-10-12-26(33)27(34)15-21)17-18-9-11-24(25(32)13-18)31(35,36)45(40,41)42/h2-16H,17H2,1H3,(H2,40,41,42). The number of methoxy groups -OCH3 is 1. The lowest BCUT2D eigenvalue weighted by molar-refractivity contribution is 0.0557. The molecule has 2 N–H and O–H groups in total. The fourth-order valence-electron chi connectivity index (χ4n) is 4.55. The summed E-state index contributed by atoms with van der Waals surface area (Å²) >= 11 is 15.5. The van der Waals surface area contributed by atoms with Crippen LogP contribution in [0, 0.1) is 0 Å². The summed E-state index contributed by atoms with van der Waals surface area (Å²) in [5, 5.41) is 0.560. The van der Waals surface area contributed by atoms with Crippen LogP contribution in [0.5, 0.6) is 0 Å². The van der Waals surface area contributed by atoms with Crippen LogP contribution in [0.25, 0.3) is 22.5 Å². The van der Waals surface area contributed by atoms with E-state index in [0.29, 0.717) is 38.7 Å². The average Bonchev–Trinajstić information content (AvgIpc) is 3.50. The topological polar surface area (TPSA) is 113 Å². The molecular weight excluding hydrogens is 716 g/mol. The lowest BCUT2D eigenvalue weighted by atomic mass is 9.97. The van der Waals surface area contributed by atoms with Crippen LogP contribution in [0.1, 0.15) is 21.5 Å². The monoisotopic (exact) mass is 736 g/mol. The number of rotatable bonds is 9. The molecule has 0 atom stereocenters. The van der Waals surface area contributed by atoms with Gasteiger partial charge in [0.05, 0.1) is 35.5 Å². The van der Waals surface area contributed by atoms with Crippen molar-refractivity contribution in [3.05, 3.63) is 122 Å². The first-order valence-electron chi connectivity index (χ1n) is 13.0. The van der Waals surface area contributed by atoms with Crippen LogP contribution in [0.4, 0.5) is 20.5 Å². The lowest BCUT2D eigenvalue weighted by Crippen LogP contribution is -2.18. The quantitative estimate of drug-likeness (QED) is 0.114. The lowest BCUT2D eigenvalue weighted by Gasteiger charge is -2.23. The van der Waals surface area contributed by atoms with Crippen molar-refractivity contribution in [2.24, 2.45) is 0 Å². The summed E-state index contributed by atoms with van der Waals surface area (Å²) in [4.78, 5) is 36.8. The second kappa shape index (κ2) is 13.0. The van der Waals surface area contributed by atoms with E-state index in [2.05, 4.69) is 20.9 Å². The Bertz CT molecular complexity index is 1950. The number of carbonyl (C=O) groups excluding carboxylic acids is 1. The van der Waals surface area contributed by atoms with Crippen molar-refractivity contribution in [1.29, 1.82) is 0 Å². The first kappa shape index (κ1) is 32.8. The van der Waals surface area contributed by atoms with E-state index in [9.17, 15) is 27.9 Å². The van der Waals surface area contributed by atoms with E-state index < -0.39 is 24.8 Å². The Morgan fingerprint density at radius 1 is 1.00 bits per heavy atom. The third-order valence-electron chi connectivity index (χ3n) is 6.79. The van der Waals surface area contributed by atoms with Crippen molar-refractivity contribution in [2.75, 3.05) is 12.0 Å². The minimum atomic E-state index is -5.77. The predicted octanol–water partition coefficient (Wildman–Crippen LogP) is 9.43. The largest absolute Gasteiger partial charge is 0.465 e. The normalized spacial score (nSPS) is 11.8. The van der Waals surface area contributed by atoms with Gasteiger partial charge in [0.15, 0.2) is 5.76 Å². The number of halogens is 5. The van der Waals surface area contributed by atoms with E-state index in [0.717, 1.165) is 11.6 Å². The number of aromatic nitrogens is 1. The predicted molar refractivity (Wildman–Crippen MR) is 171 cm³/mol. The first-order chi connectivity index (χ1) is 21.3. The molecule has 0 fully saturated rings. The third-order valence-corrected chi connectivity index (χ3v) is 9.16. The molecule has 0 radical (unpaired) electrons. The van der Waals surface area contributed by atoms with E-state index in [4.69, 9.17) is 32.4 Å². The molecule has 0 aliphatic carbocycles. The zero-order chi connectivity index (χ0) is 32.5. The van der Waals surface area contributed by atoms with Gasteiger partial charge >= 0.3 is 25.2 Å². The number of nitrogens with zero attached hydrogens (tertiary/aromatic N) is 2. The van der Waals surface area contributed by atoms with Crippen LogP contribution in [0.2, 0.25) is 10.0 Å². The molecule has 0 aliphatic rings. The highest BCUT2D eigenvalue weighted by molar-refractivity contribution is 9.10. The van der Waals surface area contributed by atoms with Crippen molar-refractivity contribution < 1.29 is 37.1 Å². The Morgan fingerprint density at radius 3 is 2.42 bits per heavy atom. The van der Waals surface area contributed by atoms with Gasteiger partial charge in [-0.1, -0.05) is 87.7 Å². The fraction of sp³-hybridized carbons (Fsp3) is 0.0968. The van der Waals surface area contributed by atoms with E-state index in [-0.39, 0.29) is 22.1 Å². The minimum absolute atomic E-state index is 0.0326. The first-order valence-corrected chi connectivity index (χ1v) is 16.1. The van der Waals surface area contributed by atoms with Gasteiger partial charge in [0, 0.05) is 21.3 Å². The Kier molecular flexibility index (Phi) is 9.51. The number of hydrogen-bond acceptors (Lipinski definition) is 6. The van der Waals surface area contributed by atoms with Crippen LogP contribution < -0.4 is 4.90 Å². The molecule has 45 heavy (non-hydrogen) atoms. The van der Waals surface area contributed by atoms with Gasteiger partial charge in [0.2, 0.25) is 0 Å². The van der Waals surface area contributed by atoms with Gasteiger partial charge < -0.3 is 18.9 Å². The molecule has 0 spiro atoms. The molecule has 0 saturated carbocycles. The Balaban J connectivity index is 1.52. The molecule has 232 valence electrons. The van der Waals surface area contributed by atoms with E-state index in [1.54, 1.807) is 35.2 Å². The second-order valence-electron chi connectivity index (χ2n) is 9.71. The van der Waals surface area contributed by atoms with Crippen LogP contribution in [-0.2, 0) is 21.5 Å². The Labute approximate surface area is 274 Å². The van der Waals surface area contributed by atoms with Crippen molar-refractivity contribution in [1.82, 2.24) is 4.98 Å². The van der Waals surface area contributed by atoms with Crippen molar-refractivity contribution in [2.45, 2.75) is 12.2 Å². The van der Waals surface area contributed by atoms with Crippen molar-refractivity contribution in [3.8, 4) is 22.5 Å². The maximum absolute atomic E-state index is 14.4. The molecule has 1 heterocycles. The number of hydrogen-bond donors (Lipinski definition) is 2. The summed E-state index contributed by atoms with van der Waals surface area (Å²) in [5.41, 5.74) is -1.79. The molecule has 0 amide bonds. The molecular formula is C31H22BrCl2F2N2O6P. The zero-order valence-electron chi connectivity index (χ0n) is 23.1. The second-order valence-corrected chi connectivity index (χ2v) is 13.0. The van der Waals surface area contributed by atoms with Gasteiger partial charge in [0.25, 0.3) is 0 Å². The van der Waals surface area contributed by atoms with Crippen LogP contribution in [0.15, 0.2) is 100 Å². The molecule has 14 heteroatoms. The SMILES string of the molecule is COC(=O)c1ccccc1-c1cccc(-c2cnc(N(Cc3ccc(C(F)(F)P(=O)(O)O)c(Br)c3)c3ccc(Cl)c(Cl)c3)o2)c1. The molecule has 1 aromatic heterocycles. The molecule has 4 aromatic carbocycles. The van der Waals surface area contributed by atoms with Crippen LogP contribution in [0.3, 0.4) is 0 Å².